The standard InChI is InChI=1S/C22H17N5O2/c1-12-8-10-14(11-9-12)17-16-13(2)26-27(15-6-4-3-5-7-15)20(16)23-19-18(17)21(28)25-22(29)24-19/h3-11H,1-2H3,(H2,23,24,25,28,29). The molecule has 7 heteroatoms. The van der Waals surface area contributed by atoms with E-state index in [0.29, 0.717) is 16.6 Å². The Balaban J connectivity index is 2.01. The number of rotatable bonds is 2. The summed E-state index contributed by atoms with van der Waals surface area (Å²) in [7, 11) is 0. The van der Waals surface area contributed by atoms with Crippen LogP contribution in [0.25, 0.3) is 38.9 Å². The van der Waals surface area contributed by atoms with Crippen LogP contribution >= 0.6 is 0 Å². The smallest absolute Gasteiger partial charge is 0.291 e. The van der Waals surface area contributed by atoms with Gasteiger partial charge in [0.15, 0.2) is 5.65 Å². The zero-order valence-electron chi connectivity index (χ0n) is 15.9. The van der Waals surface area contributed by atoms with Crippen LogP contribution in [0.5, 0.6) is 0 Å². The first kappa shape index (κ1) is 17.1. The molecular formula is C22H17N5O2. The van der Waals surface area contributed by atoms with Crippen LogP contribution in [-0.4, -0.2) is 24.7 Å². The van der Waals surface area contributed by atoms with Gasteiger partial charge in [-0.2, -0.15) is 5.10 Å². The summed E-state index contributed by atoms with van der Waals surface area (Å²) in [6.45, 7) is 3.90. The first-order valence-corrected chi connectivity index (χ1v) is 9.21. The van der Waals surface area contributed by atoms with Crippen molar-refractivity contribution in [3.63, 3.8) is 0 Å². The maximum Gasteiger partial charge on any atom is 0.327 e. The maximum atomic E-state index is 12.7. The van der Waals surface area contributed by atoms with Crippen LogP contribution in [0.3, 0.4) is 0 Å². The maximum absolute atomic E-state index is 12.7. The normalized spacial score (nSPS) is 11.4. The molecule has 2 N–H and O–H groups in total. The number of pyridine rings is 1. The molecule has 0 spiro atoms. The van der Waals surface area contributed by atoms with Gasteiger partial charge < -0.3 is 0 Å². The van der Waals surface area contributed by atoms with Gasteiger partial charge in [-0.3, -0.25) is 14.8 Å². The molecule has 2 aromatic carbocycles. The molecule has 142 valence electrons. The van der Waals surface area contributed by atoms with Crippen LogP contribution in [0.2, 0.25) is 0 Å². The van der Waals surface area contributed by atoms with Crippen molar-refractivity contribution < 1.29 is 0 Å². The molecule has 5 rings (SSSR count). The Hall–Kier alpha value is -4.00. The molecule has 0 bridgehead atoms. The molecule has 7 nitrogen and oxygen atoms in total. The van der Waals surface area contributed by atoms with Gasteiger partial charge in [0.1, 0.15) is 5.65 Å². The van der Waals surface area contributed by atoms with Crippen molar-refractivity contribution in [1.82, 2.24) is 24.7 Å². The number of nitrogens with one attached hydrogen (secondary N) is 2. The lowest BCUT2D eigenvalue weighted by Crippen LogP contribution is -2.23. The molecule has 3 heterocycles. The number of aromatic nitrogens is 5. The first-order chi connectivity index (χ1) is 14.0. The number of H-pyrrole nitrogens is 2. The molecule has 0 aliphatic rings. The second-order valence-electron chi connectivity index (χ2n) is 7.02. The van der Waals surface area contributed by atoms with E-state index in [1.165, 1.54) is 0 Å². The summed E-state index contributed by atoms with van der Waals surface area (Å²) >= 11 is 0. The highest BCUT2D eigenvalue weighted by atomic mass is 16.2. The minimum absolute atomic E-state index is 0.235. The highest BCUT2D eigenvalue weighted by Gasteiger charge is 2.21. The van der Waals surface area contributed by atoms with E-state index in [4.69, 9.17) is 0 Å². The summed E-state index contributed by atoms with van der Waals surface area (Å²) in [5.74, 6) is 0. The molecule has 0 aliphatic heterocycles. The Morgan fingerprint density at radius 2 is 1.59 bits per heavy atom. The van der Waals surface area contributed by atoms with Gasteiger partial charge >= 0.3 is 5.69 Å². The van der Waals surface area contributed by atoms with E-state index in [2.05, 4.69) is 20.1 Å². The molecule has 0 atom stereocenters. The van der Waals surface area contributed by atoms with Crippen LogP contribution < -0.4 is 11.2 Å². The Bertz CT molecular complexity index is 1490. The number of hydrogen-bond acceptors (Lipinski definition) is 4. The van der Waals surface area contributed by atoms with Gasteiger partial charge in [-0.05, 0) is 31.5 Å². The number of nitrogens with zero attached hydrogens (tertiary/aromatic N) is 3. The number of fused-ring (bicyclic) bond motifs is 2. The van der Waals surface area contributed by atoms with Crippen LogP contribution in [0.15, 0.2) is 64.2 Å². The molecule has 0 saturated heterocycles. The van der Waals surface area contributed by atoms with Crippen molar-refractivity contribution in [3.8, 4) is 16.8 Å². The highest BCUT2D eigenvalue weighted by Crippen LogP contribution is 2.35. The van der Waals surface area contributed by atoms with E-state index < -0.39 is 11.2 Å². The lowest BCUT2D eigenvalue weighted by atomic mass is 9.98. The third kappa shape index (κ3) is 2.67. The number of benzene rings is 2. The second-order valence-corrected chi connectivity index (χ2v) is 7.02. The predicted molar refractivity (Wildman–Crippen MR) is 113 cm³/mol. The van der Waals surface area contributed by atoms with E-state index in [1.54, 1.807) is 4.68 Å². The Kier molecular flexibility index (Phi) is 3.70. The Labute approximate surface area is 164 Å². The minimum Gasteiger partial charge on any atom is -0.291 e. The molecular weight excluding hydrogens is 366 g/mol. The van der Waals surface area contributed by atoms with Crippen LogP contribution in [0, 0.1) is 13.8 Å². The number of aromatic amines is 2. The lowest BCUT2D eigenvalue weighted by Gasteiger charge is -2.09. The number of para-hydroxylation sites is 1. The summed E-state index contributed by atoms with van der Waals surface area (Å²) in [5.41, 5.74) is 4.04. The van der Waals surface area contributed by atoms with Gasteiger partial charge in [-0.1, -0.05) is 48.0 Å². The molecule has 3 aromatic heterocycles. The van der Waals surface area contributed by atoms with E-state index in [0.717, 1.165) is 27.9 Å². The predicted octanol–water partition coefficient (Wildman–Crippen LogP) is 3.23. The number of hydrogen-bond donors (Lipinski definition) is 2. The van der Waals surface area contributed by atoms with Crippen molar-refractivity contribution in [2.75, 3.05) is 0 Å². The largest absolute Gasteiger partial charge is 0.327 e. The number of aryl methyl sites for hydroxylation is 2. The Morgan fingerprint density at radius 3 is 2.31 bits per heavy atom. The zero-order valence-corrected chi connectivity index (χ0v) is 15.9. The molecule has 0 aliphatic carbocycles. The van der Waals surface area contributed by atoms with Crippen molar-refractivity contribution in [2.45, 2.75) is 13.8 Å². The van der Waals surface area contributed by atoms with Gasteiger partial charge in [0, 0.05) is 5.56 Å². The van der Waals surface area contributed by atoms with Gasteiger partial charge in [-0.15, -0.1) is 0 Å². The summed E-state index contributed by atoms with van der Waals surface area (Å²) in [6, 6.07) is 17.6. The minimum atomic E-state index is -0.591. The monoisotopic (exact) mass is 383 g/mol. The molecule has 0 saturated carbocycles. The molecule has 0 amide bonds. The lowest BCUT2D eigenvalue weighted by molar-refractivity contribution is 0.878. The fourth-order valence-corrected chi connectivity index (χ4v) is 3.69. The van der Waals surface area contributed by atoms with Crippen molar-refractivity contribution >= 4 is 22.1 Å². The van der Waals surface area contributed by atoms with Crippen molar-refractivity contribution in [3.05, 3.63) is 86.7 Å². The van der Waals surface area contributed by atoms with E-state index in [9.17, 15) is 9.59 Å². The summed E-state index contributed by atoms with van der Waals surface area (Å²) in [5, 5.41) is 5.81. The summed E-state index contributed by atoms with van der Waals surface area (Å²) in [4.78, 5) is 34.3. The average Bonchev–Trinajstić information content (AvgIpc) is 3.04. The Morgan fingerprint density at radius 1 is 0.862 bits per heavy atom. The van der Waals surface area contributed by atoms with E-state index in [-0.39, 0.29) is 5.65 Å². The summed E-state index contributed by atoms with van der Waals surface area (Å²) < 4.78 is 1.74. The van der Waals surface area contributed by atoms with E-state index >= 15 is 0 Å². The van der Waals surface area contributed by atoms with Crippen LogP contribution in [-0.2, 0) is 0 Å². The van der Waals surface area contributed by atoms with E-state index in [1.807, 2.05) is 68.4 Å². The highest BCUT2D eigenvalue weighted by molar-refractivity contribution is 6.08. The van der Waals surface area contributed by atoms with Gasteiger partial charge in [-0.25, -0.2) is 14.5 Å². The quantitative estimate of drug-likeness (QED) is 0.489. The third-order valence-electron chi connectivity index (χ3n) is 5.02. The topological polar surface area (TPSA) is 96.4 Å². The van der Waals surface area contributed by atoms with Gasteiger partial charge in [0.05, 0.1) is 22.2 Å². The fraction of sp³-hybridized carbons (Fsp3) is 0.0909. The van der Waals surface area contributed by atoms with Crippen LogP contribution in [0.1, 0.15) is 11.3 Å². The van der Waals surface area contributed by atoms with Crippen LogP contribution in [0.4, 0.5) is 0 Å². The summed E-state index contributed by atoms with van der Waals surface area (Å²) in [6.07, 6.45) is 0. The van der Waals surface area contributed by atoms with Crippen molar-refractivity contribution in [2.24, 2.45) is 0 Å². The average molecular weight is 383 g/mol. The zero-order chi connectivity index (χ0) is 20.1. The molecule has 0 fully saturated rings. The van der Waals surface area contributed by atoms with Crippen molar-refractivity contribution in [1.29, 1.82) is 0 Å². The third-order valence-corrected chi connectivity index (χ3v) is 5.02. The van der Waals surface area contributed by atoms with Gasteiger partial charge in [0.2, 0.25) is 0 Å². The second kappa shape index (κ2) is 6.27. The SMILES string of the molecule is Cc1ccc(-c2c3c(C)nn(-c4ccccc4)c3nc3[nH]c(=O)[nH]c(=O)c23)cc1. The van der Waals surface area contributed by atoms with Gasteiger partial charge in [0.25, 0.3) is 5.56 Å². The molecule has 5 aromatic rings. The first-order valence-electron chi connectivity index (χ1n) is 9.21. The molecule has 0 unspecified atom stereocenters. The molecule has 0 radical (unpaired) electrons. The fourth-order valence-electron chi connectivity index (χ4n) is 3.69. The molecule has 29 heavy (non-hydrogen) atoms.